The number of hydrogen-bond donors (Lipinski definition) is 2. The number of ether oxygens (including phenoxy) is 4. The van der Waals surface area contributed by atoms with Crippen LogP contribution in [0.5, 0.6) is 11.5 Å². The molecule has 78 heavy (non-hydrogen) atoms. The van der Waals surface area contributed by atoms with Crippen molar-refractivity contribution in [2.45, 2.75) is 37.5 Å². The molecular weight excluding hydrogens is 995 g/mol. The number of nitrogens with one attached hydrogen (secondary N) is 2. The first-order chi connectivity index (χ1) is 38.2. The minimum atomic E-state index is -0.264. The van der Waals surface area contributed by atoms with Crippen LogP contribution in [0.4, 0.5) is 8.78 Å². The predicted molar refractivity (Wildman–Crippen MR) is 280 cm³/mol. The fourth-order valence-corrected chi connectivity index (χ4v) is 10.8. The topological polar surface area (TPSA) is 182 Å². The lowest BCUT2D eigenvalue weighted by Crippen LogP contribution is -2.24. The first-order valence-corrected chi connectivity index (χ1v) is 24.9. The van der Waals surface area contributed by atoms with Gasteiger partial charge in [0, 0.05) is 35.3 Å². The van der Waals surface area contributed by atoms with Crippen molar-refractivity contribution in [3.05, 3.63) is 249 Å². The van der Waals surface area contributed by atoms with Crippen molar-refractivity contribution >= 4 is 11.8 Å². The van der Waals surface area contributed by atoms with Gasteiger partial charge in [0.2, 0.25) is 0 Å². The van der Waals surface area contributed by atoms with Gasteiger partial charge in [-0.05, 0) is 185 Å². The molecule has 0 saturated carbocycles. The largest absolute Gasteiger partial charge is 0.497 e. The molecule has 2 N–H and O–H groups in total. The number of hydrogen-bond acceptors (Lipinski definition) is 12. The summed E-state index contributed by atoms with van der Waals surface area (Å²) in [6.45, 7) is 0.522. The molecule has 384 valence electrons. The molecular formula is C60H44F2N10O6. The highest BCUT2D eigenvalue weighted by atomic mass is 19.1. The number of rotatable bonds is 12. The van der Waals surface area contributed by atoms with Gasteiger partial charge in [-0.25, -0.2) is 18.1 Å². The first kappa shape index (κ1) is 47.9. The number of tetrazole rings is 2. The van der Waals surface area contributed by atoms with Crippen molar-refractivity contribution < 1.29 is 37.3 Å². The second kappa shape index (κ2) is 19.7. The Morgan fingerprint density at radius 2 is 0.833 bits per heavy atom. The standard InChI is InChI=1S/2C30H22FN5O3/c1-38-22-8-11-27(36-16-33-34-35-36)20(12-22)15-32-30(37)19-5-10-24-26(14-19)29-23-9-4-18(13-25(23)28(24)39-29)17-2-6-21(31)7-3-17;1-38-22-8-11-27(36-16-33-34-35-36)20(12-22)15-32-30(37)19-5-10-24-26(14-19)29-25-13-18(4-9-23(25)28(24)39-29)17-2-6-21(31)7-3-17/h2*2-14,16,28-29H,15H2,1H3,(H,32,37). The second-order valence-corrected chi connectivity index (χ2v) is 19.0. The van der Waals surface area contributed by atoms with Crippen LogP contribution in [0.2, 0.25) is 0 Å². The molecule has 4 bridgehead atoms. The van der Waals surface area contributed by atoms with Crippen molar-refractivity contribution in [3.8, 4) is 45.1 Å². The molecule has 4 aliphatic rings. The summed E-state index contributed by atoms with van der Waals surface area (Å²) in [4.78, 5) is 26.4. The van der Waals surface area contributed by atoms with Crippen LogP contribution in [0.1, 0.15) is 101 Å². The molecule has 0 spiro atoms. The number of fused-ring (bicyclic) bond motifs is 16. The Hall–Kier alpha value is -9.78. The van der Waals surface area contributed by atoms with Gasteiger partial charge in [-0.15, -0.1) is 10.2 Å². The summed E-state index contributed by atoms with van der Waals surface area (Å²) < 4.78 is 53.3. The van der Waals surface area contributed by atoms with Gasteiger partial charge in [0.05, 0.1) is 25.6 Å². The van der Waals surface area contributed by atoms with Crippen LogP contribution < -0.4 is 20.1 Å². The number of amides is 2. The van der Waals surface area contributed by atoms with E-state index < -0.39 is 0 Å². The molecule has 8 aromatic carbocycles. The molecule has 0 fully saturated rings. The summed E-state index contributed by atoms with van der Waals surface area (Å²) >= 11 is 0. The van der Waals surface area contributed by atoms with E-state index in [9.17, 15) is 18.4 Å². The van der Waals surface area contributed by atoms with Gasteiger partial charge >= 0.3 is 0 Å². The molecule has 4 aliphatic heterocycles. The second-order valence-electron chi connectivity index (χ2n) is 19.0. The van der Waals surface area contributed by atoms with E-state index in [1.807, 2.05) is 84.9 Å². The normalized spacial score (nSPS) is 16.6. The zero-order valence-corrected chi connectivity index (χ0v) is 41.7. The third-order valence-electron chi connectivity index (χ3n) is 14.7. The molecule has 18 heteroatoms. The van der Waals surface area contributed by atoms with E-state index in [1.54, 1.807) is 47.8 Å². The summed E-state index contributed by atoms with van der Waals surface area (Å²) in [5.41, 5.74) is 16.7. The van der Waals surface area contributed by atoms with Gasteiger partial charge in [-0.2, -0.15) is 0 Å². The lowest BCUT2D eigenvalue weighted by molar-refractivity contribution is 0.0856. The number of carbonyl (C=O) groups excluding carboxylic acids is 2. The Kier molecular flexibility index (Phi) is 12.1. The van der Waals surface area contributed by atoms with Gasteiger partial charge < -0.3 is 29.6 Å². The molecule has 14 rings (SSSR count). The highest BCUT2D eigenvalue weighted by Crippen LogP contribution is 2.56. The van der Waals surface area contributed by atoms with Crippen molar-refractivity contribution in [1.29, 1.82) is 0 Å². The maximum absolute atomic E-state index is 13.4. The van der Waals surface area contributed by atoms with E-state index in [2.05, 4.69) is 65.9 Å². The minimum absolute atomic E-state index is 0.157. The monoisotopic (exact) mass is 1040 g/mol. The number of carbonyl (C=O) groups is 2. The predicted octanol–water partition coefficient (Wildman–Crippen LogP) is 9.86. The van der Waals surface area contributed by atoms with Crippen molar-refractivity contribution in [2.24, 2.45) is 0 Å². The molecule has 2 aromatic heterocycles. The van der Waals surface area contributed by atoms with Crippen LogP contribution in [0.15, 0.2) is 170 Å². The Labute approximate surface area is 444 Å². The van der Waals surface area contributed by atoms with E-state index in [-0.39, 0.29) is 61.0 Å². The zero-order valence-electron chi connectivity index (χ0n) is 41.7. The quantitative estimate of drug-likeness (QED) is 0.118. The zero-order chi connectivity index (χ0) is 53.0. The van der Waals surface area contributed by atoms with E-state index in [0.29, 0.717) is 22.6 Å². The number of aromatic nitrogens is 8. The molecule has 6 heterocycles. The number of nitrogens with zero attached hydrogens (tertiary/aromatic N) is 8. The summed E-state index contributed by atoms with van der Waals surface area (Å²) in [5, 5.41) is 28.8. The van der Waals surface area contributed by atoms with Crippen LogP contribution in [-0.2, 0) is 22.6 Å². The molecule has 0 saturated heterocycles. The minimum Gasteiger partial charge on any atom is -0.497 e. The summed E-state index contributed by atoms with van der Waals surface area (Å²) in [6, 6.07) is 47.9. The van der Waals surface area contributed by atoms with Crippen LogP contribution in [0.3, 0.4) is 0 Å². The number of methoxy groups -OCH3 is 2. The van der Waals surface area contributed by atoms with Crippen LogP contribution in [0, 0.1) is 11.6 Å². The molecule has 4 atom stereocenters. The Bertz CT molecular complexity index is 3950. The molecule has 16 nitrogen and oxygen atoms in total. The number of benzene rings is 8. The number of halogens is 2. The Morgan fingerprint density at radius 3 is 1.23 bits per heavy atom. The van der Waals surface area contributed by atoms with Crippen LogP contribution in [-0.4, -0.2) is 66.4 Å². The maximum Gasteiger partial charge on any atom is 0.251 e. The van der Waals surface area contributed by atoms with Crippen molar-refractivity contribution in [3.63, 3.8) is 0 Å². The Balaban J connectivity index is 0.000000148. The highest BCUT2D eigenvalue weighted by molar-refractivity contribution is 5.95. The van der Waals surface area contributed by atoms with E-state index in [0.717, 1.165) is 89.3 Å². The van der Waals surface area contributed by atoms with Crippen molar-refractivity contribution in [1.82, 2.24) is 51.0 Å². The average Bonchev–Trinajstić information content (AvgIpc) is 4.53. The van der Waals surface area contributed by atoms with Crippen molar-refractivity contribution in [2.75, 3.05) is 14.2 Å². The van der Waals surface area contributed by atoms with Gasteiger partial charge in [-0.3, -0.25) is 9.59 Å². The fourth-order valence-electron chi connectivity index (χ4n) is 10.8. The molecule has 0 aliphatic carbocycles. The summed E-state index contributed by atoms with van der Waals surface area (Å²) in [7, 11) is 3.19. The van der Waals surface area contributed by atoms with Crippen LogP contribution in [0.25, 0.3) is 33.6 Å². The van der Waals surface area contributed by atoms with Gasteiger partial charge in [0.15, 0.2) is 0 Å². The highest BCUT2D eigenvalue weighted by Gasteiger charge is 2.44. The summed E-state index contributed by atoms with van der Waals surface area (Å²) in [5.74, 6) is 0.417. The third kappa shape index (κ3) is 8.67. The summed E-state index contributed by atoms with van der Waals surface area (Å²) in [6.07, 6.45) is 2.19. The Morgan fingerprint density at radius 1 is 0.462 bits per heavy atom. The lowest BCUT2D eigenvalue weighted by Gasteiger charge is -2.18. The SMILES string of the molecule is COc1ccc(-n2cnnn2)c(CNC(=O)c2ccc3c(c2)C2OC3c3cc(-c4ccc(F)cc4)ccc32)c1.COc1ccc(-n2cnnn2)c(CNC(=O)c2ccc3c(c2)C2OC3c3ccc(-c4ccc(F)cc4)cc32)c1. The van der Waals surface area contributed by atoms with E-state index >= 15 is 0 Å². The van der Waals surface area contributed by atoms with Gasteiger partial charge in [0.25, 0.3) is 11.8 Å². The first-order valence-electron chi connectivity index (χ1n) is 24.9. The smallest absolute Gasteiger partial charge is 0.251 e. The molecule has 2 amide bonds. The third-order valence-corrected chi connectivity index (χ3v) is 14.7. The fraction of sp³-hybridized carbons (Fsp3) is 0.133. The lowest BCUT2D eigenvalue weighted by atomic mass is 9.84. The molecule has 0 radical (unpaired) electrons. The van der Waals surface area contributed by atoms with E-state index in [4.69, 9.17) is 18.9 Å². The molecule has 10 aromatic rings. The van der Waals surface area contributed by atoms with E-state index in [1.165, 1.54) is 36.9 Å². The molecule has 4 unspecified atom stereocenters. The maximum atomic E-state index is 13.4. The van der Waals surface area contributed by atoms with Gasteiger partial charge in [0.1, 0.15) is 60.2 Å². The van der Waals surface area contributed by atoms with Gasteiger partial charge in [-0.1, -0.05) is 60.7 Å². The average molecular weight is 1040 g/mol. The van der Waals surface area contributed by atoms with Crippen LogP contribution >= 0.6 is 0 Å².